The Morgan fingerprint density at radius 2 is 2.17 bits per heavy atom. The molecule has 102 valence electrons. The number of amides is 2. The van der Waals surface area contributed by atoms with Crippen molar-refractivity contribution in [1.29, 1.82) is 0 Å². The number of likely N-dealkylation sites (tertiary alicyclic amines) is 1. The number of ether oxygens (including phenoxy) is 1. The lowest BCUT2D eigenvalue weighted by Gasteiger charge is -2.36. The molecule has 2 fully saturated rings. The minimum atomic E-state index is -1.54. The van der Waals surface area contributed by atoms with E-state index >= 15 is 0 Å². The predicted molar refractivity (Wildman–Crippen MR) is 63.5 cm³/mol. The first-order valence-corrected chi connectivity index (χ1v) is 6.39. The molecule has 0 aromatic heterocycles. The normalized spacial score (nSPS) is 35.3. The average molecular weight is 256 g/mol. The molecule has 1 saturated carbocycles. The van der Waals surface area contributed by atoms with Crippen molar-refractivity contribution >= 4 is 11.8 Å². The zero-order valence-corrected chi connectivity index (χ0v) is 10.6. The van der Waals surface area contributed by atoms with Crippen molar-refractivity contribution in [3.63, 3.8) is 0 Å². The summed E-state index contributed by atoms with van der Waals surface area (Å²) in [6.45, 7) is 3.02. The number of rotatable bonds is 4. The maximum Gasteiger partial charge on any atom is 0.251 e. The first-order valence-electron chi connectivity index (χ1n) is 6.39. The summed E-state index contributed by atoms with van der Waals surface area (Å²) in [6, 6.07) is 0. The summed E-state index contributed by atoms with van der Waals surface area (Å²) in [6.07, 6.45) is 1.88. The molecule has 0 aromatic carbocycles. The standard InChI is InChI=1S/C12H20N2O4/c1-2-18-9-5-8(6-9)10(15)14-4-3-12(17,7-14)11(13)16/h8-9,17H,2-7H2,1H3,(H2,13,16). The highest BCUT2D eigenvalue weighted by Crippen LogP contribution is 2.33. The van der Waals surface area contributed by atoms with Gasteiger partial charge in [-0.25, -0.2) is 0 Å². The molecule has 1 aliphatic heterocycles. The molecule has 1 heterocycles. The van der Waals surface area contributed by atoms with Gasteiger partial charge in [-0.3, -0.25) is 9.59 Å². The van der Waals surface area contributed by atoms with Gasteiger partial charge in [0.15, 0.2) is 5.60 Å². The van der Waals surface area contributed by atoms with Crippen molar-refractivity contribution in [2.75, 3.05) is 19.7 Å². The molecule has 6 nitrogen and oxygen atoms in total. The number of primary amides is 1. The second-order valence-electron chi connectivity index (χ2n) is 5.15. The lowest BCUT2D eigenvalue weighted by atomic mass is 9.81. The number of carbonyl (C=O) groups is 2. The van der Waals surface area contributed by atoms with Gasteiger partial charge in [-0.2, -0.15) is 0 Å². The molecule has 0 spiro atoms. The molecule has 0 aromatic rings. The van der Waals surface area contributed by atoms with Gasteiger partial charge in [0, 0.05) is 25.5 Å². The van der Waals surface area contributed by atoms with E-state index in [0.29, 0.717) is 13.2 Å². The number of nitrogens with two attached hydrogens (primary N) is 1. The number of β-amino-alcohol motifs (C(OH)–C–C–N with tert-alkyl or cyclic N) is 1. The van der Waals surface area contributed by atoms with Crippen LogP contribution in [-0.4, -0.2) is 53.2 Å². The van der Waals surface area contributed by atoms with Gasteiger partial charge in [0.25, 0.3) is 5.91 Å². The van der Waals surface area contributed by atoms with Gasteiger partial charge in [-0.15, -0.1) is 0 Å². The van der Waals surface area contributed by atoms with E-state index in [1.165, 1.54) is 4.90 Å². The zero-order valence-electron chi connectivity index (χ0n) is 10.6. The van der Waals surface area contributed by atoms with E-state index in [9.17, 15) is 14.7 Å². The van der Waals surface area contributed by atoms with Crippen LogP contribution in [0.25, 0.3) is 0 Å². The lowest BCUT2D eigenvalue weighted by molar-refractivity contribution is -0.145. The summed E-state index contributed by atoms with van der Waals surface area (Å²) < 4.78 is 5.41. The van der Waals surface area contributed by atoms with Gasteiger partial charge in [-0.05, 0) is 19.8 Å². The SMILES string of the molecule is CCOC1CC(C(=O)N2CCC(O)(C(N)=O)C2)C1. The van der Waals surface area contributed by atoms with E-state index in [2.05, 4.69) is 0 Å². The van der Waals surface area contributed by atoms with E-state index in [1.807, 2.05) is 6.92 Å². The Morgan fingerprint density at radius 1 is 1.50 bits per heavy atom. The number of carbonyl (C=O) groups excluding carboxylic acids is 2. The third kappa shape index (κ3) is 2.35. The number of aliphatic hydroxyl groups is 1. The van der Waals surface area contributed by atoms with Crippen LogP contribution in [0.1, 0.15) is 26.2 Å². The van der Waals surface area contributed by atoms with Crippen molar-refractivity contribution in [3.8, 4) is 0 Å². The molecular weight excluding hydrogens is 236 g/mol. The van der Waals surface area contributed by atoms with Gasteiger partial charge in [0.2, 0.25) is 5.91 Å². The molecule has 1 aliphatic carbocycles. The van der Waals surface area contributed by atoms with Crippen molar-refractivity contribution in [1.82, 2.24) is 4.90 Å². The fourth-order valence-corrected chi connectivity index (χ4v) is 2.58. The Labute approximate surface area is 106 Å². The van der Waals surface area contributed by atoms with Crippen molar-refractivity contribution < 1.29 is 19.4 Å². The summed E-state index contributed by atoms with van der Waals surface area (Å²) in [4.78, 5) is 24.7. The van der Waals surface area contributed by atoms with Crippen LogP contribution in [0.2, 0.25) is 0 Å². The van der Waals surface area contributed by atoms with E-state index < -0.39 is 11.5 Å². The van der Waals surface area contributed by atoms with Gasteiger partial charge in [0.05, 0.1) is 12.6 Å². The molecule has 1 unspecified atom stereocenters. The van der Waals surface area contributed by atoms with Crippen LogP contribution in [0, 0.1) is 5.92 Å². The largest absolute Gasteiger partial charge is 0.378 e. The molecule has 2 amide bonds. The van der Waals surface area contributed by atoms with E-state index in [1.54, 1.807) is 0 Å². The highest BCUT2D eigenvalue weighted by atomic mass is 16.5. The van der Waals surface area contributed by atoms with Crippen LogP contribution < -0.4 is 5.73 Å². The molecule has 2 aliphatic rings. The second-order valence-corrected chi connectivity index (χ2v) is 5.15. The van der Waals surface area contributed by atoms with Crippen LogP contribution in [0.3, 0.4) is 0 Å². The topological polar surface area (TPSA) is 92.9 Å². The minimum absolute atomic E-state index is 0.00290. The van der Waals surface area contributed by atoms with Gasteiger partial charge in [0.1, 0.15) is 0 Å². The molecule has 0 bridgehead atoms. The van der Waals surface area contributed by atoms with Crippen molar-refractivity contribution in [3.05, 3.63) is 0 Å². The maximum atomic E-state index is 12.1. The first kappa shape index (κ1) is 13.3. The molecule has 6 heteroatoms. The summed E-state index contributed by atoms with van der Waals surface area (Å²) in [7, 11) is 0. The van der Waals surface area contributed by atoms with Crippen LogP contribution >= 0.6 is 0 Å². The van der Waals surface area contributed by atoms with Crippen LogP contribution in [0.15, 0.2) is 0 Å². The minimum Gasteiger partial charge on any atom is -0.378 e. The molecule has 1 atom stereocenters. The smallest absolute Gasteiger partial charge is 0.251 e. The van der Waals surface area contributed by atoms with Gasteiger partial charge < -0.3 is 20.5 Å². The van der Waals surface area contributed by atoms with Crippen molar-refractivity contribution in [2.24, 2.45) is 11.7 Å². The highest BCUT2D eigenvalue weighted by molar-refractivity contribution is 5.86. The number of hydrogen-bond donors (Lipinski definition) is 2. The first-order chi connectivity index (χ1) is 8.46. The molecule has 0 radical (unpaired) electrons. The summed E-state index contributed by atoms with van der Waals surface area (Å²) in [5.74, 6) is -0.779. The highest BCUT2D eigenvalue weighted by Gasteiger charge is 2.46. The van der Waals surface area contributed by atoms with E-state index in [4.69, 9.17) is 10.5 Å². The fraction of sp³-hybridized carbons (Fsp3) is 0.833. The third-order valence-electron chi connectivity index (χ3n) is 3.86. The van der Waals surface area contributed by atoms with Crippen LogP contribution in [0.4, 0.5) is 0 Å². The Balaban J connectivity index is 1.84. The second kappa shape index (κ2) is 4.85. The zero-order chi connectivity index (χ0) is 13.3. The Bertz CT molecular complexity index is 354. The van der Waals surface area contributed by atoms with Gasteiger partial charge >= 0.3 is 0 Å². The monoisotopic (exact) mass is 256 g/mol. The fourth-order valence-electron chi connectivity index (χ4n) is 2.58. The quantitative estimate of drug-likeness (QED) is 0.692. The summed E-state index contributed by atoms with van der Waals surface area (Å²) in [5, 5.41) is 9.90. The summed E-state index contributed by atoms with van der Waals surface area (Å²) >= 11 is 0. The molecule has 18 heavy (non-hydrogen) atoms. The van der Waals surface area contributed by atoms with E-state index in [0.717, 1.165) is 12.8 Å². The molecule has 2 rings (SSSR count). The Hall–Kier alpha value is -1.14. The van der Waals surface area contributed by atoms with Crippen LogP contribution in [0.5, 0.6) is 0 Å². The van der Waals surface area contributed by atoms with Gasteiger partial charge in [-0.1, -0.05) is 0 Å². The lowest BCUT2D eigenvalue weighted by Crippen LogP contribution is -2.49. The molecule has 1 saturated heterocycles. The third-order valence-corrected chi connectivity index (χ3v) is 3.86. The maximum absolute atomic E-state index is 12.1. The predicted octanol–water partition coefficient (Wildman–Crippen LogP) is -0.750. The Kier molecular flexibility index (Phi) is 3.59. The van der Waals surface area contributed by atoms with E-state index in [-0.39, 0.29) is 30.9 Å². The number of hydrogen-bond acceptors (Lipinski definition) is 4. The summed E-state index contributed by atoms with van der Waals surface area (Å²) in [5.41, 5.74) is 3.59. The van der Waals surface area contributed by atoms with Crippen LogP contribution in [-0.2, 0) is 14.3 Å². The Morgan fingerprint density at radius 3 is 2.67 bits per heavy atom. The number of nitrogens with zero attached hydrogens (tertiary/aromatic N) is 1. The average Bonchev–Trinajstić information content (AvgIpc) is 2.66. The van der Waals surface area contributed by atoms with Crippen molar-refractivity contribution in [2.45, 2.75) is 37.9 Å². The molecular formula is C12H20N2O4. The molecule has 3 N–H and O–H groups in total.